The summed E-state index contributed by atoms with van der Waals surface area (Å²) in [5.41, 5.74) is 7.84. The fourth-order valence-electron chi connectivity index (χ4n) is 2.82. The van der Waals surface area contributed by atoms with Crippen LogP contribution >= 0.6 is 34.3 Å². The maximum absolute atomic E-state index is 6.00. The van der Waals surface area contributed by atoms with Crippen LogP contribution in [-0.4, -0.2) is 11.0 Å². The Kier molecular flexibility index (Phi) is 10.1. The Bertz CT molecular complexity index is 771. The lowest BCUT2D eigenvalue weighted by atomic mass is 10.1. The third-order valence-corrected chi connectivity index (χ3v) is 6.26. The normalized spacial score (nSPS) is 11.9. The topological polar surface area (TPSA) is 50.9 Å². The molecule has 27 heavy (non-hydrogen) atoms. The summed E-state index contributed by atoms with van der Waals surface area (Å²) in [7, 11) is 0. The summed E-state index contributed by atoms with van der Waals surface area (Å²) in [4.78, 5) is 5.59. The molecule has 0 aliphatic heterocycles. The molecule has 3 rings (SSSR count). The maximum atomic E-state index is 6.00. The molecule has 0 aromatic carbocycles. The van der Waals surface area contributed by atoms with Crippen molar-refractivity contribution in [2.45, 2.75) is 65.0 Å². The number of rotatable bonds is 9. The van der Waals surface area contributed by atoms with Crippen LogP contribution in [0.3, 0.4) is 0 Å². The van der Waals surface area contributed by atoms with Gasteiger partial charge in [0.05, 0.1) is 15.9 Å². The van der Waals surface area contributed by atoms with E-state index in [4.69, 9.17) is 17.3 Å². The van der Waals surface area contributed by atoms with Crippen molar-refractivity contribution in [3.63, 3.8) is 0 Å². The van der Waals surface area contributed by atoms with Gasteiger partial charge in [-0.1, -0.05) is 57.2 Å². The number of nitrogens with zero attached hydrogens (tertiary/aromatic N) is 1. The number of pyridine rings is 1. The minimum Gasteiger partial charge on any atom is -0.379 e. The van der Waals surface area contributed by atoms with E-state index < -0.39 is 0 Å². The Morgan fingerprint density at radius 2 is 1.96 bits per heavy atom. The second-order valence-electron chi connectivity index (χ2n) is 6.60. The monoisotopic (exact) mass is 423 g/mol. The Labute approximate surface area is 176 Å². The first-order valence-corrected chi connectivity index (χ1v) is 11.8. The summed E-state index contributed by atoms with van der Waals surface area (Å²) in [5.74, 6) is 0. The van der Waals surface area contributed by atoms with Gasteiger partial charge in [0.15, 0.2) is 0 Å². The van der Waals surface area contributed by atoms with Crippen molar-refractivity contribution in [3.05, 3.63) is 45.1 Å². The number of thiophene rings is 2. The van der Waals surface area contributed by atoms with Crippen LogP contribution in [0.5, 0.6) is 0 Å². The Morgan fingerprint density at radius 3 is 2.67 bits per heavy atom. The summed E-state index contributed by atoms with van der Waals surface area (Å²) in [6.07, 6.45) is 7.62. The van der Waals surface area contributed by atoms with Gasteiger partial charge in [0.1, 0.15) is 5.15 Å². The number of aromatic nitrogens is 1. The average molecular weight is 424 g/mol. The van der Waals surface area contributed by atoms with Crippen LogP contribution in [0.2, 0.25) is 5.15 Å². The molecule has 0 fully saturated rings. The van der Waals surface area contributed by atoms with E-state index in [2.05, 4.69) is 41.7 Å². The highest BCUT2D eigenvalue weighted by Gasteiger charge is 2.06. The Hall–Kier alpha value is -1.14. The minimum atomic E-state index is 0.469. The van der Waals surface area contributed by atoms with Gasteiger partial charge >= 0.3 is 0 Å². The molecule has 3 aromatic rings. The van der Waals surface area contributed by atoms with Gasteiger partial charge < -0.3 is 11.1 Å². The van der Waals surface area contributed by atoms with E-state index in [-0.39, 0.29) is 0 Å². The average Bonchev–Trinajstić information content (AvgIpc) is 3.32. The van der Waals surface area contributed by atoms with Crippen molar-refractivity contribution in [1.82, 2.24) is 4.98 Å². The molecule has 3 heterocycles. The molecule has 0 aliphatic carbocycles. The van der Waals surface area contributed by atoms with E-state index >= 15 is 0 Å². The fourth-order valence-corrected chi connectivity index (χ4v) is 4.49. The number of anilines is 1. The number of halogens is 1. The lowest BCUT2D eigenvalue weighted by molar-refractivity contribution is 0.524. The third-order valence-electron chi connectivity index (χ3n) is 4.25. The van der Waals surface area contributed by atoms with E-state index in [1.54, 1.807) is 22.7 Å². The number of nitrogens with one attached hydrogen (secondary N) is 1. The molecule has 0 spiro atoms. The summed E-state index contributed by atoms with van der Waals surface area (Å²) >= 11 is 9.42. The van der Waals surface area contributed by atoms with Crippen molar-refractivity contribution in [3.8, 4) is 0 Å². The molecule has 0 bridgehead atoms. The molecule has 0 saturated heterocycles. The molecule has 0 radical (unpaired) electrons. The molecule has 3 aromatic heterocycles. The van der Waals surface area contributed by atoms with E-state index in [0.29, 0.717) is 11.2 Å². The molecule has 148 valence electrons. The first-order chi connectivity index (χ1) is 13.1. The van der Waals surface area contributed by atoms with Crippen LogP contribution < -0.4 is 11.1 Å². The Balaban J connectivity index is 0.000000227. The van der Waals surface area contributed by atoms with Gasteiger partial charge in [-0.2, -0.15) is 0 Å². The van der Waals surface area contributed by atoms with Crippen LogP contribution in [-0.2, 0) is 6.54 Å². The molecule has 6 heteroatoms. The maximum Gasteiger partial charge on any atom is 0.131 e. The number of hydrogen-bond acceptors (Lipinski definition) is 5. The number of hydrogen-bond donors (Lipinski definition) is 2. The van der Waals surface area contributed by atoms with Gasteiger partial charge in [0, 0.05) is 23.5 Å². The third kappa shape index (κ3) is 7.78. The summed E-state index contributed by atoms with van der Waals surface area (Å²) in [6, 6.07) is 8.51. The molecule has 3 N–H and O–H groups in total. The molecule has 0 amide bonds. The van der Waals surface area contributed by atoms with Crippen molar-refractivity contribution in [2.24, 2.45) is 5.73 Å². The molecule has 3 nitrogen and oxygen atoms in total. The second kappa shape index (κ2) is 12.3. The first-order valence-electron chi connectivity index (χ1n) is 9.69. The van der Waals surface area contributed by atoms with Crippen LogP contribution in [0.15, 0.2) is 35.0 Å². The van der Waals surface area contributed by atoms with Crippen molar-refractivity contribution in [1.29, 1.82) is 0 Å². The molecule has 1 unspecified atom stereocenters. The fraction of sp³-hybridized carbons (Fsp3) is 0.476. The smallest absolute Gasteiger partial charge is 0.131 e. The quantitative estimate of drug-likeness (QED) is 0.280. The summed E-state index contributed by atoms with van der Waals surface area (Å²) in [5, 5.41) is 8.06. The van der Waals surface area contributed by atoms with E-state index in [0.717, 1.165) is 22.4 Å². The summed E-state index contributed by atoms with van der Waals surface area (Å²) < 4.78 is 1.16. The molecule has 0 saturated carbocycles. The van der Waals surface area contributed by atoms with Crippen molar-refractivity contribution >= 4 is 50.2 Å². The van der Waals surface area contributed by atoms with Crippen LogP contribution in [0.4, 0.5) is 5.69 Å². The predicted molar refractivity (Wildman–Crippen MR) is 123 cm³/mol. The zero-order valence-electron chi connectivity index (χ0n) is 16.2. The van der Waals surface area contributed by atoms with Crippen LogP contribution in [0.25, 0.3) is 10.2 Å². The zero-order valence-corrected chi connectivity index (χ0v) is 18.6. The molecular formula is C21H30ClN3S2. The van der Waals surface area contributed by atoms with Gasteiger partial charge in [-0.05, 0) is 35.7 Å². The van der Waals surface area contributed by atoms with Crippen LogP contribution in [0, 0.1) is 0 Å². The van der Waals surface area contributed by atoms with Crippen molar-refractivity contribution in [2.75, 3.05) is 5.32 Å². The molecule has 1 atom stereocenters. The number of unbranched alkanes of at least 4 members (excludes halogenated alkanes) is 2. The highest BCUT2D eigenvalue weighted by molar-refractivity contribution is 7.17. The molecule has 0 aliphatic rings. The molecular weight excluding hydrogens is 394 g/mol. The Morgan fingerprint density at radius 1 is 1.11 bits per heavy atom. The van der Waals surface area contributed by atoms with Crippen LogP contribution in [0.1, 0.15) is 57.2 Å². The lowest BCUT2D eigenvalue weighted by Crippen LogP contribution is -2.18. The predicted octanol–water partition coefficient (Wildman–Crippen LogP) is 7.32. The van der Waals surface area contributed by atoms with Gasteiger partial charge in [-0.25, -0.2) is 4.98 Å². The number of nitrogens with two attached hydrogens (primary N) is 1. The minimum absolute atomic E-state index is 0.469. The van der Waals surface area contributed by atoms with E-state index in [1.165, 1.54) is 43.4 Å². The van der Waals surface area contributed by atoms with Gasteiger partial charge in [-0.15, -0.1) is 22.7 Å². The SMILES string of the molecule is CCCCCC(N)CCC.Clc1cc(NCc2cccs2)c2sccc2n1. The first kappa shape index (κ1) is 22.2. The van der Waals surface area contributed by atoms with E-state index in [1.807, 2.05) is 17.5 Å². The zero-order chi connectivity index (χ0) is 19.5. The second-order valence-corrected chi connectivity index (χ2v) is 8.94. The van der Waals surface area contributed by atoms with Gasteiger partial charge in [-0.3, -0.25) is 0 Å². The number of fused-ring (bicyclic) bond motifs is 1. The van der Waals surface area contributed by atoms with E-state index in [9.17, 15) is 0 Å². The van der Waals surface area contributed by atoms with Gasteiger partial charge in [0.25, 0.3) is 0 Å². The standard InChI is InChI=1S/C12H9ClN2S2.C9H21N/c13-11-6-10(12-9(15-11)3-5-17-12)14-7-8-2-1-4-16-8;1-3-5-6-8-9(10)7-4-2/h1-6H,7H2,(H,14,15);9H,3-8,10H2,1-2H3. The summed E-state index contributed by atoms with van der Waals surface area (Å²) in [6.45, 7) is 5.25. The van der Waals surface area contributed by atoms with Crippen molar-refractivity contribution < 1.29 is 0 Å². The largest absolute Gasteiger partial charge is 0.379 e. The van der Waals surface area contributed by atoms with Gasteiger partial charge in [0.2, 0.25) is 0 Å². The highest BCUT2D eigenvalue weighted by Crippen LogP contribution is 2.30. The lowest BCUT2D eigenvalue weighted by Gasteiger charge is -2.08. The highest BCUT2D eigenvalue weighted by atomic mass is 35.5.